The first kappa shape index (κ1) is 24.4. The lowest BCUT2D eigenvalue weighted by atomic mass is 9.86. The van der Waals surface area contributed by atoms with Crippen LogP contribution in [0.5, 0.6) is 11.5 Å². The lowest BCUT2D eigenvalue weighted by Crippen LogP contribution is -2.51. The molecule has 3 aliphatic rings. The van der Waals surface area contributed by atoms with Gasteiger partial charge in [0.1, 0.15) is 17.3 Å². The van der Waals surface area contributed by atoms with E-state index in [9.17, 15) is 19.8 Å². The fourth-order valence-electron chi connectivity index (χ4n) is 5.10. The minimum Gasteiger partial charge on any atom is -0.507 e. The second-order valence-electron chi connectivity index (χ2n) is 10.5. The van der Waals surface area contributed by atoms with Crippen LogP contribution < -0.4 is 15.0 Å². The van der Waals surface area contributed by atoms with Crippen molar-refractivity contribution in [2.24, 2.45) is 11.8 Å². The molecular formula is C27H34N4O5. The smallest absolute Gasteiger partial charge is 0.415 e. The molecule has 0 spiro atoms. The number of aromatic nitrogens is 1. The van der Waals surface area contributed by atoms with Gasteiger partial charge in [-0.15, -0.1) is 0 Å². The van der Waals surface area contributed by atoms with Crippen molar-refractivity contribution in [3.05, 3.63) is 35.4 Å². The van der Waals surface area contributed by atoms with Crippen LogP contribution >= 0.6 is 0 Å². The van der Waals surface area contributed by atoms with Crippen molar-refractivity contribution in [3.8, 4) is 22.8 Å². The molecule has 0 radical (unpaired) electrons. The Morgan fingerprint density at radius 2 is 2.08 bits per heavy atom. The summed E-state index contributed by atoms with van der Waals surface area (Å²) >= 11 is 0. The first-order valence-corrected chi connectivity index (χ1v) is 12.8. The zero-order valence-electron chi connectivity index (χ0n) is 20.9. The van der Waals surface area contributed by atoms with Crippen molar-refractivity contribution in [2.45, 2.75) is 52.0 Å². The second-order valence-corrected chi connectivity index (χ2v) is 10.5. The Balaban J connectivity index is 1.68. The van der Waals surface area contributed by atoms with Crippen LogP contribution in [0.3, 0.4) is 0 Å². The monoisotopic (exact) mass is 494 g/mol. The van der Waals surface area contributed by atoms with Gasteiger partial charge >= 0.3 is 12.1 Å². The Bertz CT molecular complexity index is 1160. The van der Waals surface area contributed by atoms with Crippen LogP contribution in [0.15, 0.2) is 24.3 Å². The Labute approximate surface area is 211 Å². The van der Waals surface area contributed by atoms with Gasteiger partial charge in [0, 0.05) is 18.7 Å². The van der Waals surface area contributed by atoms with Gasteiger partial charge in [0.2, 0.25) is 0 Å². The third kappa shape index (κ3) is 4.84. The van der Waals surface area contributed by atoms with Gasteiger partial charge in [0.25, 0.3) is 0 Å². The summed E-state index contributed by atoms with van der Waals surface area (Å²) in [6.07, 6.45) is 2.97. The average molecular weight is 495 g/mol. The summed E-state index contributed by atoms with van der Waals surface area (Å²) in [7, 11) is 0. The first-order valence-electron chi connectivity index (χ1n) is 12.8. The highest BCUT2D eigenvalue weighted by molar-refractivity contribution is 6.02. The predicted molar refractivity (Wildman–Crippen MR) is 136 cm³/mol. The molecule has 192 valence electrons. The maximum atomic E-state index is 13.3. The molecule has 2 aromatic rings. The highest BCUT2D eigenvalue weighted by Gasteiger charge is 2.38. The number of nitrogens with zero attached hydrogens (tertiary/aromatic N) is 3. The molecule has 1 aromatic carbocycles. The second kappa shape index (κ2) is 9.97. The Kier molecular flexibility index (Phi) is 6.75. The van der Waals surface area contributed by atoms with Crippen LogP contribution in [0.4, 0.5) is 15.4 Å². The zero-order chi connectivity index (χ0) is 25.4. The van der Waals surface area contributed by atoms with E-state index in [0.29, 0.717) is 41.9 Å². The lowest BCUT2D eigenvalue weighted by molar-refractivity contribution is 0.145. The number of piperidine rings is 1. The van der Waals surface area contributed by atoms with Crippen molar-refractivity contribution < 1.29 is 24.5 Å². The summed E-state index contributed by atoms with van der Waals surface area (Å²) in [5.41, 5.74) is 2.75. The number of phenolic OH excluding ortho intramolecular Hbond substituents is 1. The molecule has 5 rings (SSSR count). The lowest BCUT2D eigenvalue weighted by Gasteiger charge is -2.37. The number of urea groups is 1. The van der Waals surface area contributed by atoms with Crippen LogP contribution in [-0.2, 0) is 6.54 Å². The molecule has 1 aliphatic carbocycles. The number of hydrogen-bond acceptors (Lipinski definition) is 6. The molecule has 1 unspecified atom stereocenters. The van der Waals surface area contributed by atoms with E-state index in [1.807, 2.05) is 26.0 Å². The molecule has 3 N–H and O–H groups in total. The predicted octanol–water partition coefficient (Wildman–Crippen LogP) is 4.79. The van der Waals surface area contributed by atoms with Gasteiger partial charge in [-0.05, 0) is 73.7 Å². The highest BCUT2D eigenvalue weighted by atomic mass is 16.5. The minimum absolute atomic E-state index is 0.0387. The zero-order valence-corrected chi connectivity index (χ0v) is 20.9. The summed E-state index contributed by atoms with van der Waals surface area (Å²) in [6, 6.07) is 6.57. The number of carbonyl (C=O) groups excluding carboxylic acids is 1. The summed E-state index contributed by atoms with van der Waals surface area (Å²) in [5.74, 6) is 1.88. The Morgan fingerprint density at radius 3 is 2.75 bits per heavy atom. The van der Waals surface area contributed by atoms with Gasteiger partial charge in [-0.3, -0.25) is 4.90 Å². The van der Waals surface area contributed by atoms with E-state index in [1.54, 1.807) is 12.1 Å². The van der Waals surface area contributed by atoms with Gasteiger partial charge in [-0.25, -0.2) is 19.5 Å². The van der Waals surface area contributed by atoms with Crippen LogP contribution in [-0.4, -0.2) is 58.5 Å². The molecule has 36 heavy (non-hydrogen) atoms. The number of pyridine rings is 1. The number of nitrogens with one attached hydrogen (secondary N) is 1. The SMILES string of the molecule is CC(C)CN1C(=O)N(C(=O)O)Cc2c(C3CCCNC3)cc(-c3c(O)cccc3OCC3CC3)nc21. The molecule has 0 bridgehead atoms. The molecular weight excluding hydrogens is 460 g/mol. The third-order valence-electron chi connectivity index (χ3n) is 7.12. The summed E-state index contributed by atoms with van der Waals surface area (Å²) in [5, 5.41) is 24.2. The fourth-order valence-corrected chi connectivity index (χ4v) is 5.10. The van der Waals surface area contributed by atoms with E-state index in [-0.39, 0.29) is 24.1 Å². The van der Waals surface area contributed by atoms with Crippen molar-refractivity contribution in [2.75, 3.05) is 31.1 Å². The van der Waals surface area contributed by atoms with Crippen LogP contribution in [0.2, 0.25) is 0 Å². The highest BCUT2D eigenvalue weighted by Crippen LogP contribution is 2.43. The van der Waals surface area contributed by atoms with Gasteiger partial charge in [0.15, 0.2) is 0 Å². The number of carboxylic acid groups (broad SMARTS) is 1. The average Bonchev–Trinajstić information content (AvgIpc) is 3.68. The fraction of sp³-hybridized carbons (Fsp3) is 0.519. The maximum absolute atomic E-state index is 13.3. The Hall–Kier alpha value is -3.33. The number of hydrogen-bond donors (Lipinski definition) is 3. The molecule has 3 heterocycles. The van der Waals surface area contributed by atoms with Crippen molar-refractivity contribution in [1.29, 1.82) is 0 Å². The molecule has 3 amide bonds. The van der Waals surface area contributed by atoms with E-state index in [0.717, 1.165) is 54.8 Å². The van der Waals surface area contributed by atoms with Gasteiger partial charge in [-0.2, -0.15) is 0 Å². The number of fused-ring (bicyclic) bond motifs is 1. The number of amides is 3. The normalized spacial score (nSPS) is 20.0. The Morgan fingerprint density at radius 1 is 1.28 bits per heavy atom. The van der Waals surface area contributed by atoms with E-state index in [4.69, 9.17) is 9.72 Å². The number of carbonyl (C=O) groups is 2. The standard InChI is InChI=1S/C27H34N4O5/c1-16(2)13-30-25-20(14-31(26(30)33)27(34)35)19(18-5-4-10-28-12-18)11-21(29-25)24-22(32)6-3-7-23(24)36-15-17-8-9-17/h3,6-7,11,16-18,28,32H,4-5,8-10,12-15H2,1-2H3,(H,34,35). The molecule has 2 fully saturated rings. The molecule has 9 heteroatoms. The summed E-state index contributed by atoms with van der Waals surface area (Å²) < 4.78 is 6.11. The number of aromatic hydroxyl groups is 1. The van der Waals surface area contributed by atoms with Gasteiger partial charge in [0.05, 0.1) is 24.4 Å². The van der Waals surface area contributed by atoms with E-state index in [1.165, 1.54) is 4.90 Å². The van der Waals surface area contributed by atoms with E-state index < -0.39 is 12.1 Å². The van der Waals surface area contributed by atoms with Gasteiger partial charge in [-0.1, -0.05) is 19.9 Å². The molecule has 1 aromatic heterocycles. The summed E-state index contributed by atoms with van der Waals surface area (Å²) in [4.78, 5) is 32.5. The largest absolute Gasteiger partial charge is 0.507 e. The number of benzene rings is 1. The molecule has 1 atom stereocenters. The number of phenols is 1. The molecule has 2 aliphatic heterocycles. The molecule has 1 saturated heterocycles. The van der Waals surface area contributed by atoms with Crippen molar-refractivity contribution in [3.63, 3.8) is 0 Å². The van der Waals surface area contributed by atoms with Gasteiger partial charge < -0.3 is 20.3 Å². The minimum atomic E-state index is -1.27. The topological polar surface area (TPSA) is 115 Å². The number of rotatable bonds is 7. The van der Waals surface area contributed by atoms with Crippen molar-refractivity contribution in [1.82, 2.24) is 15.2 Å². The molecule has 9 nitrogen and oxygen atoms in total. The van der Waals surface area contributed by atoms with Crippen molar-refractivity contribution >= 4 is 17.9 Å². The van der Waals surface area contributed by atoms with Crippen LogP contribution in [0.1, 0.15) is 56.6 Å². The maximum Gasteiger partial charge on any atom is 0.415 e. The van der Waals surface area contributed by atoms with E-state index >= 15 is 0 Å². The number of imide groups is 1. The molecule has 1 saturated carbocycles. The number of anilines is 1. The number of ether oxygens (including phenoxy) is 1. The van der Waals surface area contributed by atoms with E-state index in [2.05, 4.69) is 5.32 Å². The third-order valence-corrected chi connectivity index (χ3v) is 7.12. The van der Waals surface area contributed by atoms with Crippen LogP contribution in [0.25, 0.3) is 11.3 Å². The summed E-state index contributed by atoms with van der Waals surface area (Å²) in [6.45, 7) is 6.54. The van der Waals surface area contributed by atoms with Crippen LogP contribution in [0, 0.1) is 11.8 Å². The quantitative estimate of drug-likeness (QED) is 0.507. The first-order chi connectivity index (χ1) is 17.3.